The van der Waals surface area contributed by atoms with Crippen molar-refractivity contribution in [3.8, 4) is 16.9 Å². The molecule has 0 aliphatic carbocycles. The molecule has 0 radical (unpaired) electrons. The lowest BCUT2D eigenvalue weighted by Crippen LogP contribution is -2.12. The third-order valence-corrected chi connectivity index (χ3v) is 3.69. The summed E-state index contributed by atoms with van der Waals surface area (Å²) in [5, 5.41) is 1.64. The van der Waals surface area contributed by atoms with Crippen molar-refractivity contribution in [1.29, 1.82) is 0 Å². The number of hydrogen-bond donors (Lipinski definition) is 0. The second-order valence-corrected chi connectivity index (χ2v) is 5.59. The molecule has 0 unspecified atom stereocenters. The zero-order chi connectivity index (χ0) is 15.7. The van der Waals surface area contributed by atoms with Crippen LogP contribution in [-0.2, 0) is 0 Å². The van der Waals surface area contributed by atoms with Crippen molar-refractivity contribution < 1.29 is 4.74 Å². The largest absolute Gasteiger partial charge is 0.494 e. The summed E-state index contributed by atoms with van der Waals surface area (Å²) < 4.78 is 5.44. The summed E-state index contributed by atoms with van der Waals surface area (Å²) in [5.41, 5.74) is 2.85. The maximum atomic E-state index is 6.11. The van der Waals surface area contributed by atoms with Gasteiger partial charge in [-0.05, 0) is 35.4 Å². The number of anilines is 1. The standard InChI is InChI=1S/C17H16ClN3O/c1-21(2)17-19-10-14-13(11-5-4-6-12(18)9-11)7-8-15(22-3)16(14)20-17/h4-10H,1-3H3. The van der Waals surface area contributed by atoms with Gasteiger partial charge >= 0.3 is 0 Å². The van der Waals surface area contributed by atoms with E-state index >= 15 is 0 Å². The van der Waals surface area contributed by atoms with Gasteiger partial charge in [0.1, 0.15) is 11.3 Å². The molecule has 0 saturated carbocycles. The number of nitrogens with zero attached hydrogens (tertiary/aromatic N) is 3. The van der Waals surface area contributed by atoms with E-state index in [-0.39, 0.29) is 0 Å². The lowest BCUT2D eigenvalue weighted by atomic mass is 10.0. The summed E-state index contributed by atoms with van der Waals surface area (Å²) >= 11 is 6.11. The van der Waals surface area contributed by atoms with Gasteiger partial charge in [0.15, 0.2) is 0 Å². The zero-order valence-corrected chi connectivity index (χ0v) is 13.4. The van der Waals surface area contributed by atoms with Gasteiger partial charge in [0, 0.05) is 30.7 Å². The van der Waals surface area contributed by atoms with Crippen LogP contribution in [0.1, 0.15) is 0 Å². The third kappa shape index (κ3) is 2.57. The van der Waals surface area contributed by atoms with Gasteiger partial charge in [-0.15, -0.1) is 0 Å². The summed E-state index contributed by atoms with van der Waals surface area (Å²) in [5.74, 6) is 1.38. The topological polar surface area (TPSA) is 38.2 Å². The van der Waals surface area contributed by atoms with Crippen molar-refractivity contribution in [2.24, 2.45) is 0 Å². The van der Waals surface area contributed by atoms with E-state index in [2.05, 4.69) is 9.97 Å². The van der Waals surface area contributed by atoms with Crippen LogP contribution in [-0.4, -0.2) is 31.2 Å². The molecule has 3 aromatic rings. The van der Waals surface area contributed by atoms with Crippen LogP contribution >= 0.6 is 11.6 Å². The Morgan fingerprint density at radius 3 is 2.64 bits per heavy atom. The van der Waals surface area contributed by atoms with Gasteiger partial charge in [0.25, 0.3) is 0 Å². The van der Waals surface area contributed by atoms with E-state index in [1.807, 2.05) is 61.6 Å². The highest BCUT2D eigenvalue weighted by Crippen LogP contribution is 2.34. The molecule has 22 heavy (non-hydrogen) atoms. The number of halogens is 1. The highest BCUT2D eigenvalue weighted by Gasteiger charge is 2.12. The maximum Gasteiger partial charge on any atom is 0.225 e. The molecule has 4 nitrogen and oxygen atoms in total. The van der Waals surface area contributed by atoms with Gasteiger partial charge in [-0.1, -0.05) is 23.7 Å². The Hall–Kier alpha value is -2.33. The van der Waals surface area contributed by atoms with Crippen molar-refractivity contribution in [3.63, 3.8) is 0 Å². The van der Waals surface area contributed by atoms with Crippen LogP contribution in [0, 0.1) is 0 Å². The Labute approximate surface area is 134 Å². The normalized spacial score (nSPS) is 10.7. The lowest BCUT2D eigenvalue weighted by Gasteiger charge is -2.14. The SMILES string of the molecule is COc1ccc(-c2cccc(Cl)c2)c2cnc(N(C)C)nc12. The van der Waals surface area contributed by atoms with Crippen molar-refractivity contribution in [2.75, 3.05) is 26.1 Å². The minimum atomic E-state index is 0.647. The molecular weight excluding hydrogens is 298 g/mol. The molecule has 2 aromatic carbocycles. The molecule has 1 aromatic heterocycles. The number of benzene rings is 2. The third-order valence-electron chi connectivity index (χ3n) is 3.46. The van der Waals surface area contributed by atoms with Gasteiger partial charge < -0.3 is 9.64 Å². The number of ether oxygens (including phenoxy) is 1. The van der Waals surface area contributed by atoms with E-state index in [4.69, 9.17) is 16.3 Å². The zero-order valence-electron chi connectivity index (χ0n) is 12.7. The van der Waals surface area contributed by atoms with Crippen LogP contribution < -0.4 is 9.64 Å². The van der Waals surface area contributed by atoms with Crippen LogP contribution in [0.15, 0.2) is 42.6 Å². The Kier molecular flexibility index (Phi) is 3.86. The molecule has 0 aliphatic rings. The number of aromatic nitrogens is 2. The second kappa shape index (κ2) is 5.81. The number of hydrogen-bond acceptors (Lipinski definition) is 4. The highest BCUT2D eigenvalue weighted by atomic mass is 35.5. The molecule has 3 rings (SSSR count). The Morgan fingerprint density at radius 1 is 1.14 bits per heavy atom. The van der Waals surface area contributed by atoms with E-state index < -0.39 is 0 Å². The number of fused-ring (bicyclic) bond motifs is 1. The van der Waals surface area contributed by atoms with Crippen molar-refractivity contribution in [2.45, 2.75) is 0 Å². The fourth-order valence-corrected chi connectivity index (χ4v) is 2.56. The van der Waals surface area contributed by atoms with Crippen LogP contribution in [0.4, 0.5) is 5.95 Å². The molecule has 0 spiro atoms. The fourth-order valence-electron chi connectivity index (χ4n) is 2.37. The summed E-state index contributed by atoms with van der Waals surface area (Å²) in [6.07, 6.45) is 1.83. The Bertz CT molecular complexity index is 833. The molecule has 0 saturated heterocycles. The van der Waals surface area contributed by atoms with E-state index in [1.54, 1.807) is 7.11 Å². The maximum absolute atomic E-state index is 6.11. The van der Waals surface area contributed by atoms with Gasteiger partial charge in [-0.2, -0.15) is 0 Å². The van der Waals surface area contributed by atoms with Crippen LogP contribution in [0.25, 0.3) is 22.0 Å². The minimum Gasteiger partial charge on any atom is -0.494 e. The van der Waals surface area contributed by atoms with Crippen molar-refractivity contribution >= 4 is 28.5 Å². The van der Waals surface area contributed by atoms with Crippen molar-refractivity contribution in [1.82, 2.24) is 9.97 Å². The fraction of sp³-hybridized carbons (Fsp3) is 0.176. The predicted molar refractivity (Wildman–Crippen MR) is 90.9 cm³/mol. The monoisotopic (exact) mass is 313 g/mol. The first-order valence-corrected chi connectivity index (χ1v) is 7.25. The first kappa shape index (κ1) is 14.6. The molecule has 0 fully saturated rings. The average Bonchev–Trinajstić information content (AvgIpc) is 2.53. The molecule has 0 amide bonds. The first-order chi connectivity index (χ1) is 10.6. The van der Waals surface area contributed by atoms with Gasteiger partial charge in [0.2, 0.25) is 5.95 Å². The summed E-state index contributed by atoms with van der Waals surface area (Å²) in [6, 6.07) is 11.7. The lowest BCUT2D eigenvalue weighted by molar-refractivity contribution is 0.419. The average molecular weight is 314 g/mol. The van der Waals surface area contributed by atoms with Crippen molar-refractivity contribution in [3.05, 3.63) is 47.6 Å². The van der Waals surface area contributed by atoms with E-state index in [1.165, 1.54) is 0 Å². The van der Waals surface area contributed by atoms with Gasteiger partial charge in [-0.3, -0.25) is 0 Å². The van der Waals surface area contributed by atoms with Crippen LogP contribution in [0.2, 0.25) is 5.02 Å². The molecule has 0 atom stereocenters. The summed E-state index contributed by atoms with van der Waals surface area (Å²) in [6.45, 7) is 0. The van der Waals surface area contributed by atoms with Gasteiger partial charge in [-0.25, -0.2) is 9.97 Å². The van der Waals surface area contributed by atoms with E-state index in [0.29, 0.717) is 11.0 Å². The van der Waals surface area contributed by atoms with Crippen LogP contribution in [0.3, 0.4) is 0 Å². The smallest absolute Gasteiger partial charge is 0.225 e. The molecule has 5 heteroatoms. The highest BCUT2D eigenvalue weighted by molar-refractivity contribution is 6.30. The molecule has 0 aliphatic heterocycles. The predicted octanol–water partition coefficient (Wildman–Crippen LogP) is 4.02. The first-order valence-electron chi connectivity index (χ1n) is 6.87. The van der Waals surface area contributed by atoms with Gasteiger partial charge in [0.05, 0.1) is 7.11 Å². The quantitative estimate of drug-likeness (QED) is 0.732. The minimum absolute atomic E-state index is 0.647. The Balaban J connectivity index is 2.29. The molecule has 112 valence electrons. The molecule has 0 N–H and O–H groups in total. The summed E-state index contributed by atoms with van der Waals surface area (Å²) in [4.78, 5) is 10.9. The van der Waals surface area contributed by atoms with E-state index in [0.717, 1.165) is 27.8 Å². The van der Waals surface area contributed by atoms with E-state index in [9.17, 15) is 0 Å². The molecular formula is C17H16ClN3O. The van der Waals surface area contributed by atoms with Crippen LogP contribution in [0.5, 0.6) is 5.75 Å². The number of methoxy groups -OCH3 is 1. The molecule has 1 heterocycles. The summed E-state index contributed by atoms with van der Waals surface area (Å²) in [7, 11) is 5.47. The second-order valence-electron chi connectivity index (χ2n) is 5.15. The number of rotatable bonds is 3. The Morgan fingerprint density at radius 2 is 1.95 bits per heavy atom. The molecule has 0 bridgehead atoms.